The fourth-order valence-electron chi connectivity index (χ4n) is 3.13. The van der Waals surface area contributed by atoms with Gasteiger partial charge < -0.3 is 10.5 Å². The van der Waals surface area contributed by atoms with Crippen LogP contribution in [0.5, 0.6) is 0 Å². The van der Waals surface area contributed by atoms with Gasteiger partial charge in [-0.15, -0.1) is 0 Å². The van der Waals surface area contributed by atoms with E-state index < -0.39 is 10.2 Å². The number of nitrogens with two attached hydrogens (primary N) is 1. The van der Waals surface area contributed by atoms with Crippen LogP contribution in [-0.2, 0) is 14.9 Å². The summed E-state index contributed by atoms with van der Waals surface area (Å²) in [7, 11) is -1.72. The number of ether oxygens (including phenoxy) is 1. The van der Waals surface area contributed by atoms with Crippen molar-refractivity contribution in [3.05, 3.63) is 0 Å². The zero-order valence-corrected chi connectivity index (χ0v) is 13.4. The first-order valence-corrected chi connectivity index (χ1v) is 8.75. The molecule has 0 aromatic heterocycles. The lowest BCUT2D eigenvalue weighted by Gasteiger charge is -2.51. The number of methoxy groups -OCH3 is 1. The molecule has 1 saturated carbocycles. The monoisotopic (exact) mass is 305 g/mol. The number of nitrogens with zero attached hydrogens (tertiary/aromatic N) is 1. The predicted molar refractivity (Wildman–Crippen MR) is 78.4 cm³/mol. The first kappa shape index (κ1) is 16.2. The maximum Gasteiger partial charge on any atom is 0.279 e. The van der Waals surface area contributed by atoms with E-state index >= 15 is 0 Å². The van der Waals surface area contributed by atoms with Crippen molar-refractivity contribution in [1.29, 1.82) is 0 Å². The van der Waals surface area contributed by atoms with Crippen molar-refractivity contribution < 1.29 is 13.2 Å². The Morgan fingerprint density at radius 2 is 1.95 bits per heavy atom. The minimum absolute atomic E-state index is 0.0512. The molecule has 1 saturated heterocycles. The summed E-state index contributed by atoms with van der Waals surface area (Å²) in [6.45, 7) is 5.86. The Bertz CT molecular complexity index is 430. The fourth-order valence-corrected chi connectivity index (χ4v) is 4.73. The minimum Gasteiger partial charge on any atom is -0.381 e. The van der Waals surface area contributed by atoms with E-state index in [1.54, 1.807) is 11.4 Å². The average Bonchev–Trinajstić information content (AvgIpc) is 2.43. The van der Waals surface area contributed by atoms with Gasteiger partial charge in [-0.25, -0.2) is 0 Å². The van der Waals surface area contributed by atoms with E-state index in [2.05, 4.69) is 4.72 Å². The van der Waals surface area contributed by atoms with Gasteiger partial charge >= 0.3 is 0 Å². The molecule has 2 atom stereocenters. The zero-order chi connectivity index (χ0) is 15.0. The van der Waals surface area contributed by atoms with E-state index in [0.717, 1.165) is 19.3 Å². The summed E-state index contributed by atoms with van der Waals surface area (Å²) in [6.07, 6.45) is 2.57. The molecule has 2 unspecified atom stereocenters. The molecule has 1 aliphatic heterocycles. The molecular weight excluding hydrogens is 278 g/mol. The molecule has 2 fully saturated rings. The van der Waals surface area contributed by atoms with E-state index in [-0.39, 0.29) is 17.6 Å². The molecule has 0 spiro atoms. The quantitative estimate of drug-likeness (QED) is 0.765. The predicted octanol–water partition coefficient (Wildman–Crippen LogP) is 0.305. The first-order chi connectivity index (χ1) is 9.31. The molecule has 2 rings (SSSR count). The van der Waals surface area contributed by atoms with Gasteiger partial charge in [-0.1, -0.05) is 13.8 Å². The third kappa shape index (κ3) is 3.01. The molecule has 0 bridgehead atoms. The fraction of sp³-hybridized carbons (Fsp3) is 1.00. The average molecular weight is 305 g/mol. The molecule has 0 radical (unpaired) electrons. The molecule has 1 aliphatic carbocycles. The lowest BCUT2D eigenvalue weighted by atomic mass is 9.65. The van der Waals surface area contributed by atoms with E-state index in [1.165, 1.54) is 0 Å². The number of nitrogens with one attached hydrogen (secondary N) is 1. The Morgan fingerprint density at radius 1 is 1.35 bits per heavy atom. The maximum atomic E-state index is 12.4. The molecule has 118 valence electrons. The normalized spacial score (nSPS) is 32.0. The second kappa shape index (κ2) is 5.88. The number of piperidine rings is 1. The lowest BCUT2D eigenvalue weighted by molar-refractivity contribution is -0.0912. The Hall–Kier alpha value is -0.210. The lowest BCUT2D eigenvalue weighted by Crippen LogP contribution is -2.63. The van der Waals surface area contributed by atoms with Crippen LogP contribution in [0.2, 0.25) is 0 Å². The van der Waals surface area contributed by atoms with Gasteiger partial charge in [0.2, 0.25) is 0 Å². The van der Waals surface area contributed by atoms with Crippen molar-refractivity contribution in [3.8, 4) is 0 Å². The Labute approximate surface area is 122 Å². The minimum atomic E-state index is -3.39. The largest absolute Gasteiger partial charge is 0.381 e. The number of rotatable bonds is 5. The summed E-state index contributed by atoms with van der Waals surface area (Å²) in [6, 6.07) is -0.0512. The van der Waals surface area contributed by atoms with E-state index in [1.807, 2.05) is 13.8 Å². The summed E-state index contributed by atoms with van der Waals surface area (Å²) < 4.78 is 34.6. The molecule has 2 aliphatic rings. The van der Waals surface area contributed by atoms with Gasteiger partial charge in [0.1, 0.15) is 0 Å². The van der Waals surface area contributed by atoms with Gasteiger partial charge in [0, 0.05) is 31.7 Å². The standard InChI is InChI=1S/C13H27N3O3S/c1-13(2)11(8-12(13)19-3)15-20(17,18)16-6-4-10(9-14)5-7-16/h10-12,15H,4-9,14H2,1-3H3. The van der Waals surface area contributed by atoms with Gasteiger partial charge in [-0.3, -0.25) is 0 Å². The van der Waals surface area contributed by atoms with Crippen LogP contribution in [0.3, 0.4) is 0 Å². The van der Waals surface area contributed by atoms with E-state index in [0.29, 0.717) is 25.6 Å². The van der Waals surface area contributed by atoms with Crippen LogP contribution < -0.4 is 10.5 Å². The van der Waals surface area contributed by atoms with Crippen LogP contribution in [0.1, 0.15) is 33.1 Å². The summed E-state index contributed by atoms with van der Waals surface area (Å²) in [5.74, 6) is 0.458. The van der Waals surface area contributed by atoms with Crippen molar-refractivity contribution in [2.24, 2.45) is 17.1 Å². The molecule has 0 amide bonds. The molecular formula is C13H27N3O3S. The van der Waals surface area contributed by atoms with E-state index in [9.17, 15) is 8.42 Å². The second-order valence-electron chi connectivity index (χ2n) is 6.54. The molecule has 3 N–H and O–H groups in total. The Balaban J connectivity index is 1.93. The van der Waals surface area contributed by atoms with E-state index in [4.69, 9.17) is 10.5 Å². The van der Waals surface area contributed by atoms with Crippen LogP contribution in [-0.4, -0.2) is 51.6 Å². The zero-order valence-electron chi connectivity index (χ0n) is 12.6. The Kier molecular flexibility index (Phi) is 4.76. The van der Waals surface area contributed by atoms with Crippen LogP contribution >= 0.6 is 0 Å². The van der Waals surface area contributed by atoms with Crippen LogP contribution in [0.25, 0.3) is 0 Å². The molecule has 1 heterocycles. The van der Waals surface area contributed by atoms with Crippen LogP contribution in [0.4, 0.5) is 0 Å². The summed E-state index contributed by atoms with van der Waals surface area (Å²) in [5, 5.41) is 0. The van der Waals surface area contributed by atoms with Gasteiger partial charge in [0.25, 0.3) is 10.2 Å². The van der Waals surface area contributed by atoms with Crippen molar-refractivity contribution in [1.82, 2.24) is 9.03 Å². The molecule has 6 nitrogen and oxygen atoms in total. The van der Waals surface area contributed by atoms with Crippen LogP contribution in [0, 0.1) is 11.3 Å². The third-order valence-electron chi connectivity index (χ3n) is 5.00. The highest BCUT2D eigenvalue weighted by Crippen LogP contribution is 2.42. The van der Waals surface area contributed by atoms with Crippen molar-refractivity contribution in [2.75, 3.05) is 26.7 Å². The topological polar surface area (TPSA) is 84.7 Å². The highest BCUT2D eigenvalue weighted by molar-refractivity contribution is 7.87. The third-order valence-corrected chi connectivity index (χ3v) is 6.63. The molecule has 20 heavy (non-hydrogen) atoms. The van der Waals surface area contributed by atoms with Crippen molar-refractivity contribution in [3.63, 3.8) is 0 Å². The summed E-state index contributed by atoms with van der Waals surface area (Å²) in [5.41, 5.74) is 5.48. The second-order valence-corrected chi connectivity index (χ2v) is 8.24. The van der Waals surface area contributed by atoms with Gasteiger partial charge in [-0.05, 0) is 31.7 Å². The summed E-state index contributed by atoms with van der Waals surface area (Å²) in [4.78, 5) is 0. The number of hydrogen-bond donors (Lipinski definition) is 2. The van der Waals surface area contributed by atoms with Crippen LogP contribution in [0.15, 0.2) is 0 Å². The highest BCUT2D eigenvalue weighted by atomic mass is 32.2. The molecule has 0 aromatic rings. The summed E-state index contributed by atoms with van der Waals surface area (Å²) >= 11 is 0. The Morgan fingerprint density at radius 3 is 2.40 bits per heavy atom. The molecule has 7 heteroatoms. The SMILES string of the molecule is COC1CC(NS(=O)(=O)N2CCC(CN)CC2)C1(C)C. The number of hydrogen-bond acceptors (Lipinski definition) is 4. The van der Waals surface area contributed by atoms with Crippen molar-refractivity contribution >= 4 is 10.2 Å². The molecule has 0 aromatic carbocycles. The smallest absolute Gasteiger partial charge is 0.279 e. The van der Waals surface area contributed by atoms with Gasteiger partial charge in [-0.2, -0.15) is 17.4 Å². The maximum absolute atomic E-state index is 12.4. The van der Waals surface area contributed by atoms with Crippen molar-refractivity contribution in [2.45, 2.75) is 45.3 Å². The van der Waals surface area contributed by atoms with Gasteiger partial charge in [0.05, 0.1) is 6.10 Å². The first-order valence-electron chi connectivity index (χ1n) is 7.31. The van der Waals surface area contributed by atoms with Gasteiger partial charge in [0.15, 0.2) is 0 Å². The highest BCUT2D eigenvalue weighted by Gasteiger charge is 2.50.